The minimum atomic E-state index is -0.787. The maximum Gasteiger partial charge on any atom is 0.242 e. The number of piperidine rings is 1. The van der Waals surface area contributed by atoms with Gasteiger partial charge in [0.2, 0.25) is 5.91 Å². The second-order valence-corrected chi connectivity index (χ2v) is 6.46. The number of ketones is 1. The number of carbonyl (C=O) groups excluding carboxylic acids is 2. The molecule has 0 spiro atoms. The van der Waals surface area contributed by atoms with Crippen molar-refractivity contribution in [1.82, 2.24) is 4.90 Å². The van der Waals surface area contributed by atoms with Crippen LogP contribution in [0.1, 0.15) is 49.9 Å². The number of benzene rings is 1. The van der Waals surface area contributed by atoms with E-state index in [1.807, 2.05) is 42.2 Å². The third-order valence-electron chi connectivity index (χ3n) is 4.47. The summed E-state index contributed by atoms with van der Waals surface area (Å²) in [6.45, 7) is 5.08. The van der Waals surface area contributed by atoms with Gasteiger partial charge in [-0.3, -0.25) is 9.59 Å². The number of nitrogens with zero attached hydrogens (tertiary/aromatic N) is 1. The van der Waals surface area contributed by atoms with Crippen molar-refractivity contribution in [3.63, 3.8) is 0 Å². The lowest BCUT2D eigenvalue weighted by Gasteiger charge is -2.36. The zero-order valence-electron chi connectivity index (χ0n) is 13.5. The number of amides is 1. The summed E-state index contributed by atoms with van der Waals surface area (Å²) in [4.78, 5) is 26.7. The lowest BCUT2D eigenvalue weighted by Crippen LogP contribution is -2.55. The average molecular weight is 302 g/mol. The first kappa shape index (κ1) is 16.7. The number of nitrogens with two attached hydrogens (primary N) is 1. The number of rotatable bonds is 5. The minimum absolute atomic E-state index is 0.0139. The van der Waals surface area contributed by atoms with Gasteiger partial charge in [-0.15, -0.1) is 0 Å². The molecule has 1 atom stereocenters. The van der Waals surface area contributed by atoms with Gasteiger partial charge in [0.25, 0.3) is 0 Å². The Morgan fingerprint density at radius 2 is 1.82 bits per heavy atom. The number of hydrogen-bond acceptors (Lipinski definition) is 3. The molecule has 1 aromatic carbocycles. The van der Waals surface area contributed by atoms with Crippen LogP contribution in [-0.4, -0.2) is 35.2 Å². The summed E-state index contributed by atoms with van der Waals surface area (Å²) in [6, 6.07) is 9.40. The standard InChI is InChI=1S/C18H26N2O2/c1-3-11-18(2,19)17(22)20-12-9-15(10-13-20)16(21)14-7-5-4-6-8-14/h4-8,15H,3,9-13,19H2,1-2H3. The van der Waals surface area contributed by atoms with Gasteiger partial charge in [0.15, 0.2) is 5.78 Å². The highest BCUT2D eigenvalue weighted by molar-refractivity contribution is 5.98. The zero-order valence-corrected chi connectivity index (χ0v) is 13.5. The van der Waals surface area contributed by atoms with Crippen molar-refractivity contribution in [3.05, 3.63) is 35.9 Å². The van der Waals surface area contributed by atoms with E-state index in [2.05, 4.69) is 0 Å². The van der Waals surface area contributed by atoms with Gasteiger partial charge in [0.05, 0.1) is 5.54 Å². The second kappa shape index (κ2) is 7.05. The van der Waals surface area contributed by atoms with Crippen LogP contribution in [0.2, 0.25) is 0 Å². The van der Waals surface area contributed by atoms with Gasteiger partial charge in [-0.2, -0.15) is 0 Å². The Morgan fingerprint density at radius 1 is 1.23 bits per heavy atom. The molecular formula is C18H26N2O2. The average Bonchev–Trinajstić information content (AvgIpc) is 2.54. The molecule has 120 valence electrons. The predicted octanol–water partition coefficient (Wildman–Crippen LogP) is 2.63. The smallest absolute Gasteiger partial charge is 0.242 e. The van der Waals surface area contributed by atoms with Crippen molar-refractivity contribution in [1.29, 1.82) is 0 Å². The van der Waals surface area contributed by atoms with E-state index in [0.29, 0.717) is 19.5 Å². The first-order valence-corrected chi connectivity index (χ1v) is 8.13. The molecule has 1 aliphatic heterocycles. The normalized spacial score (nSPS) is 18.8. The molecule has 0 radical (unpaired) electrons. The molecule has 1 aliphatic rings. The van der Waals surface area contributed by atoms with Gasteiger partial charge in [-0.05, 0) is 26.2 Å². The summed E-state index contributed by atoms with van der Waals surface area (Å²) in [7, 11) is 0. The quantitative estimate of drug-likeness (QED) is 0.850. The van der Waals surface area contributed by atoms with Crippen molar-refractivity contribution in [2.75, 3.05) is 13.1 Å². The molecule has 4 heteroatoms. The van der Waals surface area contributed by atoms with E-state index in [9.17, 15) is 9.59 Å². The van der Waals surface area contributed by atoms with Crippen LogP contribution in [0.3, 0.4) is 0 Å². The number of carbonyl (C=O) groups is 2. The van der Waals surface area contributed by atoms with Crippen LogP contribution < -0.4 is 5.73 Å². The minimum Gasteiger partial charge on any atom is -0.341 e. The monoisotopic (exact) mass is 302 g/mol. The Labute approximate surface area is 132 Å². The predicted molar refractivity (Wildman–Crippen MR) is 87.6 cm³/mol. The van der Waals surface area contributed by atoms with E-state index in [1.165, 1.54) is 0 Å². The highest BCUT2D eigenvalue weighted by Gasteiger charge is 2.35. The van der Waals surface area contributed by atoms with Crippen molar-refractivity contribution in [3.8, 4) is 0 Å². The van der Waals surface area contributed by atoms with Crippen molar-refractivity contribution in [2.45, 2.75) is 45.1 Å². The molecule has 1 fully saturated rings. The lowest BCUT2D eigenvalue weighted by atomic mass is 9.87. The van der Waals surface area contributed by atoms with E-state index in [4.69, 9.17) is 5.73 Å². The van der Waals surface area contributed by atoms with Crippen LogP contribution in [0, 0.1) is 5.92 Å². The Morgan fingerprint density at radius 3 is 2.36 bits per heavy atom. The highest BCUT2D eigenvalue weighted by Crippen LogP contribution is 2.24. The van der Waals surface area contributed by atoms with Crippen LogP contribution in [0.15, 0.2) is 30.3 Å². The van der Waals surface area contributed by atoms with E-state index in [0.717, 1.165) is 24.8 Å². The van der Waals surface area contributed by atoms with Crippen LogP contribution in [0.5, 0.6) is 0 Å². The molecule has 0 bridgehead atoms. The van der Waals surface area contributed by atoms with Crippen LogP contribution >= 0.6 is 0 Å². The molecule has 1 aromatic rings. The van der Waals surface area contributed by atoms with Crippen molar-refractivity contribution >= 4 is 11.7 Å². The van der Waals surface area contributed by atoms with E-state index < -0.39 is 5.54 Å². The van der Waals surface area contributed by atoms with Gasteiger partial charge in [0.1, 0.15) is 0 Å². The maximum atomic E-state index is 12.5. The topological polar surface area (TPSA) is 63.4 Å². The summed E-state index contributed by atoms with van der Waals surface area (Å²) < 4.78 is 0. The molecule has 1 saturated heterocycles. The highest BCUT2D eigenvalue weighted by atomic mass is 16.2. The Hall–Kier alpha value is -1.68. The second-order valence-electron chi connectivity index (χ2n) is 6.46. The van der Waals surface area contributed by atoms with E-state index >= 15 is 0 Å². The molecule has 1 amide bonds. The van der Waals surface area contributed by atoms with Gasteiger partial charge in [-0.25, -0.2) is 0 Å². The third-order valence-corrected chi connectivity index (χ3v) is 4.47. The largest absolute Gasteiger partial charge is 0.341 e. The Balaban J connectivity index is 1.93. The molecule has 0 aliphatic carbocycles. The Bertz CT molecular complexity index is 517. The summed E-state index contributed by atoms with van der Waals surface area (Å²) in [5.74, 6) is 0.221. The molecule has 2 rings (SSSR count). The molecule has 0 saturated carbocycles. The zero-order chi connectivity index (χ0) is 16.2. The molecular weight excluding hydrogens is 276 g/mol. The van der Waals surface area contributed by atoms with Gasteiger partial charge in [0, 0.05) is 24.6 Å². The first-order chi connectivity index (χ1) is 10.5. The summed E-state index contributed by atoms with van der Waals surface area (Å²) in [5.41, 5.74) is 6.11. The molecule has 22 heavy (non-hydrogen) atoms. The Kier molecular flexibility index (Phi) is 5.35. The SMILES string of the molecule is CCCC(C)(N)C(=O)N1CCC(C(=O)c2ccccc2)CC1. The van der Waals surface area contributed by atoms with Crippen LogP contribution in [0.25, 0.3) is 0 Å². The first-order valence-electron chi connectivity index (χ1n) is 8.13. The number of likely N-dealkylation sites (tertiary alicyclic amines) is 1. The fourth-order valence-electron chi connectivity index (χ4n) is 3.17. The fraction of sp³-hybridized carbons (Fsp3) is 0.556. The fourth-order valence-corrected chi connectivity index (χ4v) is 3.17. The molecule has 2 N–H and O–H groups in total. The van der Waals surface area contributed by atoms with Crippen LogP contribution in [-0.2, 0) is 4.79 Å². The number of hydrogen-bond donors (Lipinski definition) is 1. The lowest BCUT2D eigenvalue weighted by molar-refractivity contribution is -0.138. The summed E-state index contributed by atoms with van der Waals surface area (Å²) in [5, 5.41) is 0. The van der Waals surface area contributed by atoms with Gasteiger partial charge < -0.3 is 10.6 Å². The van der Waals surface area contributed by atoms with Crippen molar-refractivity contribution in [2.24, 2.45) is 11.7 Å². The molecule has 1 unspecified atom stereocenters. The van der Waals surface area contributed by atoms with E-state index in [-0.39, 0.29) is 17.6 Å². The van der Waals surface area contributed by atoms with Crippen LogP contribution in [0.4, 0.5) is 0 Å². The number of Topliss-reactive ketones (excluding diaryl/α,β-unsaturated/α-hetero) is 1. The maximum absolute atomic E-state index is 12.5. The molecule has 1 heterocycles. The van der Waals surface area contributed by atoms with Gasteiger partial charge >= 0.3 is 0 Å². The van der Waals surface area contributed by atoms with E-state index in [1.54, 1.807) is 6.92 Å². The van der Waals surface area contributed by atoms with Gasteiger partial charge in [-0.1, -0.05) is 43.7 Å². The molecule has 4 nitrogen and oxygen atoms in total. The summed E-state index contributed by atoms with van der Waals surface area (Å²) in [6.07, 6.45) is 3.03. The van der Waals surface area contributed by atoms with Crippen molar-refractivity contribution < 1.29 is 9.59 Å². The summed E-state index contributed by atoms with van der Waals surface area (Å²) >= 11 is 0. The molecule has 0 aromatic heterocycles. The third kappa shape index (κ3) is 3.74.